The Morgan fingerprint density at radius 2 is 1.96 bits per heavy atom. The van der Waals surface area contributed by atoms with Crippen molar-refractivity contribution in [1.29, 1.82) is 0 Å². The van der Waals surface area contributed by atoms with Gasteiger partial charge in [0.2, 0.25) is 0 Å². The van der Waals surface area contributed by atoms with Crippen LogP contribution in [0.1, 0.15) is 32.6 Å². The Kier molecular flexibility index (Phi) is 12.0. The van der Waals surface area contributed by atoms with E-state index in [4.69, 9.17) is 19.2 Å². The topological polar surface area (TPSA) is 67.4 Å². The molecule has 0 aromatic heterocycles. The van der Waals surface area contributed by atoms with Crippen LogP contribution in [0.3, 0.4) is 0 Å². The van der Waals surface area contributed by atoms with E-state index in [0.29, 0.717) is 0 Å². The minimum absolute atomic E-state index is 0. The highest BCUT2D eigenvalue weighted by molar-refractivity contribution is 14.0. The third kappa shape index (κ3) is 7.84. The number of guanidine groups is 1. The summed E-state index contributed by atoms with van der Waals surface area (Å²) >= 11 is 0. The zero-order valence-corrected chi connectivity index (χ0v) is 18.9. The summed E-state index contributed by atoms with van der Waals surface area (Å²) in [4.78, 5) is 7.15. The minimum Gasteiger partial charge on any atom is -0.381 e. The Bertz CT molecular complexity index is 398. The number of nitrogens with one attached hydrogen (secondary N) is 2. The van der Waals surface area contributed by atoms with Gasteiger partial charge in [0.05, 0.1) is 19.3 Å². The molecule has 2 fully saturated rings. The third-order valence-corrected chi connectivity index (χ3v) is 5.10. The van der Waals surface area contributed by atoms with Crippen molar-refractivity contribution in [2.75, 3.05) is 66.8 Å². The fraction of sp³-hybridized carbons (Fsp3) is 0.944. The maximum Gasteiger partial charge on any atom is 0.191 e. The van der Waals surface area contributed by atoms with Crippen molar-refractivity contribution in [2.45, 2.75) is 44.2 Å². The molecule has 2 saturated heterocycles. The van der Waals surface area contributed by atoms with Crippen LogP contribution >= 0.6 is 24.0 Å². The molecule has 0 radical (unpaired) electrons. The second-order valence-electron chi connectivity index (χ2n) is 7.06. The Hall–Kier alpha value is -0.160. The van der Waals surface area contributed by atoms with Gasteiger partial charge in [-0.05, 0) is 46.7 Å². The van der Waals surface area contributed by atoms with Gasteiger partial charge in [-0.15, -0.1) is 24.0 Å². The van der Waals surface area contributed by atoms with Gasteiger partial charge in [0.15, 0.2) is 5.96 Å². The maximum absolute atomic E-state index is 5.80. The van der Waals surface area contributed by atoms with E-state index in [9.17, 15) is 0 Å². The zero-order valence-electron chi connectivity index (χ0n) is 16.6. The van der Waals surface area contributed by atoms with Gasteiger partial charge in [0, 0.05) is 45.1 Å². The predicted octanol–water partition coefficient (Wildman–Crippen LogP) is 1.47. The molecule has 2 rings (SSSR count). The Labute approximate surface area is 175 Å². The molecule has 0 aliphatic carbocycles. The van der Waals surface area contributed by atoms with Crippen LogP contribution in [0.15, 0.2) is 4.99 Å². The van der Waals surface area contributed by atoms with Crippen LogP contribution in [0.4, 0.5) is 0 Å². The van der Waals surface area contributed by atoms with Gasteiger partial charge < -0.3 is 29.7 Å². The summed E-state index contributed by atoms with van der Waals surface area (Å²) in [7, 11) is 4.29. The van der Waals surface area contributed by atoms with Gasteiger partial charge in [-0.25, -0.2) is 0 Å². The molecule has 0 aromatic carbocycles. The van der Waals surface area contributed by atoms with E-state index in [1.165, 1.54) is 0 Å². The van der Waals surface area contributed by atoms with Crippen molar-refractivity contribution >= 4 is 29.9 Å². The summed E-state index contributed by atoms with van der Waals surface area (Å²) in [5.74, 6) is 0.888. The van der Waals surface area contributed by atoms with Gasteiger partial charge in [0.25, 0.3) is 0 Å². The van der Waals surface area contributed by atoms with E-state index in [0.717, 1.165) is 84.3 Å². The standard InChI is InChI=1S/C18H36N4O3.HI/c1-4-19-17(20-9-5-10-25-16-6-11-24-14-16)21-15-18(22(2)3)7-12-23-13-8-18;/h16H,4-15H2,1-3H3,(H2,19,20,21);1H. The number of hydrogen-bond donors (Lipinski definition) is 2. The number of likely N-dealkylation sites (N-methyl/N-ethyl adjacent to an activating group) is 1. The molecule has 0 spiro atoms. The smallest absolute Gasteiger partial charge is 0.191 e. The van der Waals surface area contributed by atoms with Gasteiger partial charge in [0.1, 0.15) is 0 Å². The van der Waals surface area contributed by atoms with E-state index < -0.39 is 0 Å². The van der Waals surface area contributed by atoms with Crippen molar-refractivity contribution < 1.29 is 14.2 Å². The molecule has 7 nitrogen and oxygen atoms in total. The summed E-state index contributed by atoms with van der Waals surface area (Å²) < 4.78 is 16.7. The van der Waals surface area contributed by atoms with Crippen molar-refractivity contribution in [3.05, 3.63) is 0 Å². The van der Waals surface area contributed by atoms with Crippen molar-refractivity contribution in [3.63, 3.8) is 0 Å². The first-order valence-corrected chi connectivity index (χ1v) is 9.63. The quantitative estimate of drug-likeness (QED) is 0.224. The van der Waals surface area contributed by atoms with Crippen LogP contribution in [0.5, 0.6) is 0 Å². The molecule has 0 aromatic rings. The number of rotatable bonds is 9. The second-order valence-corrected chi connectivity index (χ2v) is 7.06. The Morgan fingerprint density at radius 3 is 2.58 bits per heavy atom. The van der Waals surface area contributed by atoms with Gasteiger partial charge in [-0.3, -0.25) is 4.99 Å². The zero-order chi connectivity index (χ0) is 18.0. The molecule has 0 saturated carbocycles. The van der Waals surface area contributed by atoms with Crippen molar-refractivity contribution in [2.24, 2.45) is 4.99 Å². The average Bonchev–Trinajstić information content (AvgIpc) is 3.13. The summed E-state index contributed by atoms with van der Waals surface area (Å²) in [6, 6.07) is 0. The highest BCUT2D eigenvalue weighted by atomic mass is 127. The van der Waals surface area contributed by atoms with Gasteiger partial charge in [-0.2, -0.15) is 0 Å². The number of nitrogens with zero attached hydrogens (tertiary/aromatic N) is 2. The molecule has 0 amide bonds. The average molecular weight is 484 g/mol. The largest absolute Gasteiger partial charge is 0.381 e. The predicted molar refractivity (Wildman–Crippen MR) is 116 cm³/mol. The number of hydrogen-bond acceptors (Lipinski definition) is 5. The molecule has 2 N–H and O–H groups in total. The highest BCUT2D eigenvalue weighted by Crippen LogP contribution is 2.26. The van der Waals surface area contributed by atoms with E-state index in [2.05, 4.69) is 36.6 Å². The van der Waals surface area contributed by atoms with Crippen LogP contribution in [0.25, 0.3) is 0 Å². The molecule has 154 valence electrons. The van der Waals surface area contributed by atoms with Crippen molar-refractivity contribution in [3.8, 4) is 0 Å². The minimum atomic E-state index is 0. The summed E-state index contributed by atoms with van der Waals surface area (Å²) in [5.41, 5.74) is 0.103. The normalized spacial score (nSPS) is 22.9. The molecule has 8 heteroatoms. The number of aliphatic imine (C=N–C) groups is 1. The highest BCUT2D eigenvalue weighted by Gasteiger charge is 2.34. The lowest BCUT2D eigenvalue weighted by atomic mass is 9.89. The molecule has 2 aliphatic rings. The van der Waals surface area contributed by atoms with Crippen LogP contribution in [0.2, 0.25) is 0 Å². The Balaban J connectivity index is 0.00000338. The fourth-order valence-corrected chi connectivity index (χ4v) is 3.24. The van der Waals surface area contributed by atoms with E-state index in [-0.39, 0.29) is 35.6 Å². The fourth-order valence-electron chi connectivity index (χ4n) is 3.24. The first-order chi connectivity index (χ1) is 12.2. The molecule has 0 bridgehead atoms. The van der Waals surface area contributed by atoms with Crippen LogP contribution in [-0.4, -0.2) is 89.3 Å². The molecule has 2 heterocycles. The first kappa shape index (κ1) is 23.9. The van der Waals surface area contributed by atoms with Gasteiger partial charge >= 0.3 is 0 Å². The first-order valence-electron chi connectivity index (χ1n) is 9.63. The lowest BCUT2D eigenvalue weighted by molar-refractivity contribution is -0.00255. The molecule has 1 unspecified atom stereocenters. The summed E-state index contributed by atoms with van der Waals surface area (Å²) in [6.45, 7) is 8.58. The van der Waals surface area contributed by atoms with Crippen LogP contribution in [-0.2, 0) is 14.2 Å². The number of halogens is 1. The SMILES string of the molecule is CCNC(=NCC1(N(C)C)CCOCC1)NCCCOC1CCOC1.I. The molecule has 1 atom stereocenters. The molecule has 26 heavy (non-hydrogen) atoms. The molecular weight excluding hydrogens is 447 g/mol. The lowest BCUT2D eigenvalue weighted by Gasteiger charge is -2.41. The van der Waals surface area contributed by atoms with E-state index >= 15 is 0 Å². The lowest BCUT2D eigenvalue weighted by Crippen LogP contribution is -2.51. The molecular formula is C18H37IN4O3. The monoisotopic (exact) mass is 484 g/mol. The summed E-state index contributed by atoms with van der Waals surface area (Å²) in [5, 5.41) is 6.76. The number of ether oxygens (including phenoxy) is 3. The Morgan fingerprint density at radius 1 is 1.19 bits per heavy atom. The van der Waals surface area contributed by atoms with E-state index in [1.807, 2.05) is 0 Å². The van der Waals surface area contributed by atoms with Crippen LogP contribution in [0, 0.1) is 0 Å². The van der Waals surface area contributed by atoms with Gasteiger partial charge in [-0.1, -0.05) is 0 Å². The van der Waals surface area contributed by atoms with Crippen molar-refractivity contribution in [1.82, 2.24) is 15.5 Å². The third-order valence-electron chi connectivity index (χ3n) is 5.10. The molecule has 2 aliphatic heterocycles. The summed E-state index contributed by atoms with van der Waals surface area (Å²) in [6.07, 6.45) is 4.33. The van der Waals surface area contributed by atoms with E-state index in [1.54, 1.807) is 0 Å². The van der Waals surface area contributed by atoms with Crippen LogP contribution < -0.4 is 10.6 Å². The maximum atomic E-state index is 5.80. The second kappa shape index (κ2) is 13.1.